The van der Waals surface area contributed by atoms with E-state index in [0.717, 1.165) is 0 Å². The summed E-state index contributed by atoms with van der Waals surface area (Å²) < 4.78 is 45.9. The molecule has 1 radical (unpaired) electrons. The fourth-order valence-electron chi connectivity index (χ4n) is 0.841. The quantitative estimate of drug-likeness (QED) is 0.767. The Hall–Kier alpha value is -1.08. The summed E-state index contributed by atoms with van der Waals surface area (Å²) in [5.41, 5.74) is -0.897. The number of hydrogen-bond acceptors (Lipinski definition) is 3. The minimum Gasteiger partial charge on any atom is -0.382 e. The van der Waals surface area contributed by atoms with Gasteiger partial charge in [-0.05, 0) is 0 Å². The van der Waals surface area contributed by atoms with E-state index < -0.39 is 11.9 Å². The molecule has 15 heavy (non-hydrogen) atoms. The van der Waals surface area contributed by atoms with Gasteiger partial charge in [0, 0.05) is 13.2 Å². The van der Waals surface area contributed by atoms with Gasteiger partial charge >= 0.3 is 6.18 Å². The molecule has 0 atom stereocenters. The summed E-state index contributed by atoms with van der Waals surface area (Å²) >= 11 is 0. The van der Waals surface area contributed by atoms with Crippen LogP contribution in [0.2, 0.25) is 0 Å². The van der Waals surface area contributed by atoms with Crippen LogP contribution >= 0.6 is 0 Å². The first-order valence-electron chi connectivity index (χ1n) is 4.14. The van der Waals surface area contributed by atoms with Gasteiger partial charge in [-0.25, -0.2) is 0 Å². The van der Waals surface area contributed by atoms with Crippen LogP contribution < -0.4 is 0 Å². The number of nitrogens with zero attached hydrogens (tertiary/aromatic N) is 1. The number of aromatic nitrogens is 2. The van der Waals surface area contributed by atoms with Crippen LogP contribution in [-0.4, -0.2) is 30.5 Å². The molecule has 0 aliphatic carbocycles. The number of nitrogens with one attached hydrogen (secondary N) is 1. The Bertz CT molecular complexity index is 298. The summed E-state index contributed by atoms with van der Waals surface area (Å²) in [5.74, 6) is 0. The van der Waals surface area contributed by atoms with Crippen molar-refractivity contribution in [2.45, 2.75) is 12.8 Å². The predicted octanol–water partition coefficient (Wildman–Crippen LogP) is 1.39. The number of H-pyrrole nitrogens is 1. The maximum absolute atomic E-state index is 12.1. The number of hydrogen-bond donors (Lipinski definition) is 1. The zero-order chi connectivity index (χ0) is 11.3. The summed E-state index contributed by atoms with van der Waals surface area (Å²) in [6, 6.07) is 2.07. The highest BCUT2D eigenvalue weighted by Gasteiger charge is 2.34. The normalized spacial score (nSPS) is 12.0. The van der Waals surface area contributed by atoms with Crippen LogP contribution in [0.5, 0.6) is 0 Å². The summed E-state index contributed by atoms with van der Waals surface area (Å²) in [6.45, 7) is 0.706. The number of aromatic amines is 1. The highest BCUT2D eigenvalue weighted by molar-refractivity contribution is 5.08. The van der Waals surface area contributed by atoms with Gasteiger partial charge in [0.25, 0.3) is 0 Å². The van der Waals surface area contributed by atoms with Crippen molar-refractivity contribution in [3.8, 4) is 0 Å². The number of halogens is 3. The van der Waals surface area contributed by atoms with Crippen molar-refractivity contribution in [3.05, 3.63) is 17.5 Å². The molecule has 7 heteroatoms. The van der Waals surface area contributed by atoms with E-state index >= 15 is 0 Å². The van der Waals surface area contributed by atoms with Gasteiger partial charge in [0.15, 0.2) is 5.69 Å². The molecule has 0 spiro atoms. The van der Waals surface area contributed by atoms with Gasteiger partial charge in [-0.2, -0.15) is 18.3 Å². The van der Waals surface area contributed by atoms with Crippen LogP contribution in [0.3, 0.4) is 0 Å². The molecule has 0 saturated carbocycles. The first-order chi connectivity index (χ1) is 7.04. The predicted molar refractivity (Wildman–Crippen MR) is 44.0 cm³/mol. The van der Waals surface area contributed by atoms with Gasteiger partial charge < -0.3 is 9.47 Å². The Balaban J connectivity index is 2.40. The minimum absolute atomic E-state index is 0.00639. The van der Waals surface area contributed by atoms with Crippen molar-refractivity contribution in [3.63, 3.8) is 0 Å². The summed E-state index contributed by atoms with van der Waals surface area (Å²) in [6.07, 6.45) is -4.47. The largest absolute Gasteiger partial charge is 0.435 e. The van der Waals surface area contributed by atoms with Crippen molar-refractivity contribution >= 4 is 0 Å². The summed E-state index contributed by atoms with van der Waals surface area (Å²) in [5, 5.41) is 5.27. The third-order valence-electron chi connectivity index (χ3n) is 1.52. The average molecular weight is 223 g/mol. The number of rotatable bonds is 5. The van der Waals surface area contributed by atoms with Crippen LogP contribution in [0.15, 0.2) is 0 Å². The van der Waals surface area contributed by atoms with E-state index in [-0.39, 0.29) is 12.3 Å². The minimum atomic E-state index is -4.47. The van der Waals surface area contributed by atoms with E-state index in [4.69, 9.17) is 9.47 Å². The van der Waals surface area contributed by atoms with Crippen LogP contribution in [-0.2, 0) is 22.3 Å². The zero-order valence-corrected chi connectivity index (χ0v) is 8.02. The fraction of sp³-hybridized carbons (Fsp3) is 0.625. The van der Waals surface area contributed by atoms with Crippen molar-refractivity contribution in [1.29, 1.82) is 0 Å². The zero-order valence-electron chi connectivity index (χ0n) is 8.02. The molecule has 1 heterocycles. The highest BCUT2D eigenvalue weighted by Crippen LogP contribution is 2.27. The van der Waals surface area contributed by atoms with Gasteiger partial charge in [-0.1, -0.05) is 0 Å². The van der Waals surface area contributed by atoms with Gasteiger partial charge in [0.1, 0.15) is 0 Å². The molecule has 0 aliphatic rings. The molecule has 1 aromatic rings. The van der Waals surface area contributed by atoms with E-state index in [1.807, 2.05) is 0 Å². The van der Waals surface area contributed by atoms with Gasteiger partial charge in [-0.3, -0.25) is 5.10 Å². The van der Waals surface area contributed by atoms with E-state index in [1.54, 1.807) is 0 Å². The molecule has 4 nitrogen and oxygen atoms in total. The van der Waals surface area contributed by atoms with E-state index in [1.165, 1.54) is 7.11 Å². The topological polar surface area (TPSA) is 47.1 Å². The molecule has 0 fully saturated rings. The maximum atomic E-state index is 12.1. The lowest BCUT2D eigenvalue weighted by atomic mass is 10.3. The highest BCUT2D eigenvalue weighted by atomic mass is 19.4. The molecular weight excluding hydrogens is 213 g/mol. The second kappa shape index (κ2) is 5.13. The Kier molecular flexibility index (Phi) is 4.10. The summed E-state index contributed by atoms with van der Waals surface area (Å²) in [7, 11) is 1.51. The number of ether oxygens (including phenoxy) is 2. The molecule has 0 aromatic carbocycles. The fourth-order valence-corrected chi connectivity index (χ4v) is 0.841. The smallest absolute Gasteiger partial charge is 0.382 e. The van der Waals surface area contributed by atoms with Gasteiger partial charge in [0.2, 0.25) is 0 Å². The first-order valence-corrected chi connectivity index (χ1v) is 4.14. The molecule has 0 aliphatic heterocycles. The average Bonchev–Trinajstić information content (AvgIpc) is 2.60. The Morgan fingerprint density at radius 2 is 2.13 bits per heavy atom. The molecule has 0 amide bonds. The van der Waals surface area contributed by atoms with Crippen molar-refractivity contribution in [2.24, 2.45) is 0 Å². The van der Waals surface area contributed by atoms with Crippen LogP contribution in [0.25, 0.3) is 0 Å². The summed E-state index contributed by atoms with van der Waals surface area (Å²) in [4.78, 5) is 0. The van der Waals surface area contributed by atoms with Crippen LogP contribution in [0.4, 0.5) is 13.2 Å². The molecule has 85 valence electrons. The third-order valence-corrected chi connectivity index (χ3v) is 1.52. The first kappa shape index (κ1) is 12.0. The molecule has 0 saturated heterocycles. The van der Waals surface area contributed by atoms with E-state index in [9.17, 15) is 13.2 Å². The molecule has 1 rings (SSSR count). The standard InChI is InChI=1S/C8H10F3N2O2/c1-14-2-3-15-5-6-4-7(13-12-6)8(9,10)11/h2-3,5H2,1H3,(H,12,13). The van der Waals surface area contributed by atoms with Crippen molar-refractivity contribution in [1.82, 2.24) is 10.2 Å². The van der Waals surface area contributed by atoms with Crippen molar-refractivity contribution < 1.29 is 22.6 Å². The lowest BCUT2D eigenvalue weighted by molar-refractivity contribution is -0.141. The van der Waals surface area contributed by atoms with Crippen LogP contribution in [0, 0.1) is 6.07 Å². The molecule has 1 aromatic heterocycles. The maximum Gasteiger partial charge on any atom is 0.435 e. The lowest BCUT2D eigenvalue weighted by Gasteiger charge is -2.00. The molecule has 0 bridgehead atoms. The lowest BCUT2D eigenvalue weighted by Crippen LogP contribution is -2.05. The van der Waals surface area contributed by atoms with Gasteiger partial charge in [0.05, 0.1) is 25.5 Å². The van der Waals surface area contributed by atoms with Crippen molar-refractivity contribution in [2.75, 3.05) is 20.3 Å². The Morgan fingerprint density at radius 3 is 2.67 bits per heavy atom. The number of alkyl halides is 3. The second-order valence-electron chi connectivity index (χ2n) is 2.72. The number of methoxy groups -OCH3 is 1. The monoisotopic (exact) mass is 223 g/mol. The second-order valence-corrected chi connectivity index (χ2v) is 2.72. The third kappa shape index (κ3) is 3.88. The van der Waals surface area contributed by atoms with E-state index in [0.29, 0.717) is 13.2 Å². The van der Waals surface area contributed by atoms with E-state index in [2.05, 4.69) is 16.3 Å². The Labute approximate surface area is 84.4 Å². The Morgan fingerprint density at radius 1 is 1.40 bits per heavy atom. The SMILES string of the molecule is COCCOCc1[c]c(C(F)(F)F)n[nH]1. The molecule has 0 unspecified atom stereocenters. The molecular formula is C8H10F3N2O2. The molecule has 1 N–H and O–H groups in total. The van der Waals surface area contributed by atoms with Gasteiger partial charge in [-0.15, -0.1) is 0 Å². The van der Waals surface area contributed by atoms with Crippen LogP contribution in [0.1, 0.15) is 11.4 Å².